The summed E-state index contributed by atoms with van der Waals surface area (Å²) in [6.45, 7) is 8.44. The minimum Gasteiger partial charge on any atom is -0.457 e. The van der Waals surface area contributed by atoms with Gasteiger partial charge in [0.05, 0.1) is 5.56 Å². The number of amidine groups is 1. The van der Waals surface area contributed by atoms with Crippen molar-refractivity contribution in [2.24, 2.45) is 16.6 Å². The highest BCUT2D eigenvalue weighted by molar-refractivity contribution is 7.79. The molecule has 282 valence electrons. The van der Waals surface area contributed by atoms with Crippen LogP contribution in [-0.2, 0) is 12.6 Å². The molecule has 1 unspecified atom stereocenters. The van der Waals surface area contributed by atoms with Crippen molar-refractivity contribution in [1.29, 1.82) is 0 Å². The summed E-state index contributed by atoms with van der Waals surface area (Å²) >= 11 is 19.7. The molecule has 0 radical (unpaired) electrons. The molecular weight excluding hydrogens is 759 g/mol. The quantitative estimate of drug-likeness (QED) is 0.0850. The number of primary amides is 1. The Morgan fingerprint density at radius 2 is 1.51 bits per heavy atom. The first-order valence-corrected chi connectivity index (χ1v) is 19.1. The third kappa shape index (κ3) is 13.7. The van der Waals surface area contributed by atoms with E-state index in [4.69, 9.17) is 38.7 Å². The molecule has 1 aliphatic rings. The molecular formula is C41H44Cl2F3N3O2S2. The lowest BCUT2D eigenvalue weighted by atomic mass is 10.0. The van der Waals surface area contributed by atoms with Gasteiger partial charge in [0.1, 0.15) is 17.3 Å². The zero-order chi connectivity index (χ0) is 39.6. The van der Waals surface area contributed by atoms with Crippen LogP contribution in [0.1, 0.15) is 41.8 Å². The van der Waals surface area contributed by atoms with Crippen LogP contribution in [0.15, 0.2) is 137 Å². The van der Waals surface area contributed by atoms with E-state index < -0.39 is 17.6 Å². The highest BCUT2D eigenvalue weighted by Crippen LogP contribution is 2.34. The second-order valence-electron chi connectivity index (χ2n) is 10.8. The first-order chi connectivity index (χ1) is 25.5. The lowest BCUT2D eigenvalue weighted by molar-refractivity contribution is -0.137. The Morgan fingerprint density at radius 1 is 0.925 bits per heavy atom. The standard InChI is InChI=1S/C37H30Cl2F3N3O2.C2H6.2CH4S/c1-2-45(31-16-11-27(12-17-31)36(43)46)35(44-23-28-10-15-30(38)22-34(28)39)20-24-6-8-25(9-7-24)26-13-18-32(19-14-26)47-33-5-3-4-29(21-33)37(40,41)42;3*1-2/h2-9,11-19,21-22,28H,1,10,20,23H2,(H2,43,46);1-2H3;2*2H,1H3. The summed E-state index contributed by atoms with van der Waals surface area (Å²) in [5, 5.41) is 1.25. The molecule has 5 rings (SSSR count). The lowest BCUT2D eigenvalue weighted by Crippen LogP contribution is -2.28. The Kier molecular flexibility index (Phi) is 19.4. The van der Waals surface area contributed by atoms with Gasteiger partial charge in [-0.15, -0.1) is 0 Å². The summed E-state index contributed by atoms with van der Waals surface area (Å²) in [4.78, 5) is 18.5. The fraction of sp³-hybridized carbons (Fsp3) is 0.220. The molecule has 0 heterocycles. The number of alkyl halides is 3. The Morgan fingerprint density at radius 3 is 2.04 bits per heavy atom. The number of anilines is 1. The number of carbonyl (C=O) groups is 1. The minimum atomic E-state index is -4.45. The number of ether oxygens (including phenoxy) is 1. The molecule has 1 aliphatic carbocycles. The molecule has 0 saturated carbocycles. The summed E-state index contributed by atoms with van der Waals surface area (Å²) in [6.07, 6.45) is 5.41. The van der Waals surface area contributed by atoms with Gasteiger partial charge in [-0.2, -0.15) is 38.4 Å². The predicted octanol–water partition coefficient (Wildman–Crippen LogP) is 12.2. The molecule has 12 heteroatoms. The SMILES string of the molecule is C=CN(C(Cc1ccc(-c2ccc(Oc3cccc(C(F)(F)F)c3)cc2)cc1)=NCC1CC=C(Cl)C=C1Cl)c1ccc(C(N)=O)cc1.CC.CS.CS. The number of benzene rings is 4. The predicted molar refractivity (Wildman–Crippen MR) is 224 cm³/mol. The molecule has 2 N–H and O–H groups in total. The van der Waals surface area contributed by atoms with Crippen molar-refractivity contribution in [2.75, 3.05) is 24.0 Å². The van der Waals surface area contributed by atoms with Gasteiger partial charge < -0.3 is 15.4 Å². The molecule has 0 fully saturated rings. The van der Waals surface area contributed by atoms with E-state index in [0.29, 0.717) is 40.8 Å². The van der Waals surface area contributed by atoms with E-state index in [-0.39, 0.29) is 11.7 Å². The molecule has 1 atom stereocenters. The maximum Gasteiger partial charge on any atom is 0.416 e. The zero-order valence-corrected chi connectivity index (χ0v) is 33.2. The van der Waals surface area contributed by atoms with Gasteiger partial charge in [0.25, 0.3) is 0 Å². The monoisotopic (exact) mass is 801 g/mol. The fourth-order valence-electron chi connectivity index (χ4n) is 5.00. The number of amides is 1. The van der Waals surface area contributed by atoms with Crippen molar-refractivity contribution >= 4 is 65.9 Å². The van der Waals surface area contributed by atoms with Crippen LogP contribution in [0, 0.1) is 5.92 Å². The van der Waals surface area contributed by atoms with Crippen LogP contribution in [-0.4, -0.2) is 30.8 Å². The van der Waals surface area contributed by atoms with Crippen LogP contribution in [0.5, 0.6) is 11.5 Å². The van der Waals surface area contributed by atoms with Crippen LogP contribution >= 0.6 is 48.5 Å². The average Bonchev–Trinajstić information content (AvgIpc) is 3.17. The fourth-order valence-corrected chi connectivity index (χ4v) is 5.54. The van der Waals surface area contributed by atoms with E-state index in [2.05, 4.69) is 31.8 Å². The van der Waals surface area contributed by atoms with Crippen LogP contribution in [0.25, 0.3) is 11.1 Å². The summed E-state index contributed by atoms with van der Waals surface area (Å²) in [5.74, 6) is 0.721. The lowest BCUT2D eigenvalue weighted by Gasteiger charge is -2.24. The Bertz CT molecular complexity index is 1850. The molecule has 0 aromatic heterocycles. The van der Waals surface area contributed by atoms with Crippen LogP contribution < -0.4 is 15.4 Å². The zero-order valence-electron chi connectivity index (χ0n) is 29.9. The van der Waals surface area contributed by atoms with Gasteiger partial charge in [-0.3, -0.25) is 9.79 Å². The van der Waals surface area contributed by atoms with E-state index in [0.717, 1.165) is 40.3 Å². The van der Waals surface area contributed by atoms with Crippen molar-refractivity contribution in [3.05, 3.63) is 149 Å². The minimum absolute atomic E-state index is 0.0130. The van der Waals surface area contributed by atoms with E-state index in [1.54, 1.807) is 61.2 Å². The van der Waals surface area contributed by atoms with Gasteiger partial charge in [0.15, 0.2) is 0 Å². The molecule has 0 saturated heterocycles. The summed E-state index contributed by atoms with van der Waals surface area (Å²) in [6, 6.07) is 26.8. The second-order valence-corrected chi connectivity index (χ2v) is 11.7. The number of aliphatic imine (C=N–C) groups is 1. The van der Waals surface area contributed by atoms with E-state index in [1.165, 1.54) is 12.1 Å². The number of thiol groups is 2. The summed E-state index contributed by atoms with van der Waals surface area (Å²) in [5.41, 5.74) is 8.67. The summed E-state index contributed by atoms with van der Waals surface area (Å²) in [7, 11) is 0. The van der Waals surface area contributed by atoms with Gasteiger partial charge >= 0.3 is 6.18 Å². The Hall–Kier alpha value is -4.09. The van der Waals surface area contributed by atoms with Gasteiger partial charge in [0.2, 0.25) is 5.91 Å². The maximum absolute atomic E-state index is 13.1. The number of carbonyl (C=O) groups excluding carboxylic acids is 1. The normalized spacial score (nSPS) is 13.6. The van der Waals surface area contributed by atoms with Crippen molar-refractivity contribution in [3.63, 3.8) is 0 Å². The number of halogens is 5. The third-order valence-electron chi connectivity index (χ3n) is 7.55. The number of hydrogen-bond donors (Lipinski definition) is 3. The molecule has 53 heavy (non-hydrogen) atoms. The molecule has 4 aromatic rings. The number of allylic oxidation sites excluding steroid dienone is 3. The van der Waals surface area contributed by atoms with Crippen LogP contribution in [0.2, 0.25) is 0 Å². The third-order valence-corrected chi connectivity index (χ3v) is 8.23. The smallest absolute Gasteiger partial charge is 0.416 e. The van der Waals surface area contributed by atoms with E-state index >= 15 is 0 Å². The van der Waals surface area contributed by atoms with Gasteiger partial charge in [-0.25, -0.2) is 0 Å². The molecule has 5 nitrogen and oxygen atoms in total. The first kappa shape index (κ1) is 45.1. The topological polar surface area (TPSA) is 67.9 Å². The maximum atomic E-state index is 13.1. The Balaban J connectivity index is 0.00000154. The van der Waals surface area contributed by atoms with Crippen LogP contribution in [0.4, 0.5) is 18.9 Å². The number of nitrogens with two attached hydrogens (primary N) is 1. The van der Waals surface area contributed by atoms with Gasteiger partial charge in [0, 0.05) is 46.4 Å². The van der Waals surface area contributed by atoms with Crippen molar-refractivity contribution in [3.8, 4) is 22.6 Å². The van der Waals surface area contributed by atoms with E-state index in [1.807, 2.05) is 61.2 Å². The highest BCUT2D eigenvalue weighted by Gasteiger charge is 2.30. The van der Waals surface area contributed by atoms with Gasteiger partial charge in [-0.1, -0.05) is 92.2 Å². The summed E-state index contributed by atoms with van der Waals surface area (Å²) < 4.78 is 44.9. The number of rotatable bonds is 10. The van der Waals surface area contributed by atoms with Crippen molar-refractivity contribution < 1.29 is 22.7 Å². The Labute approximate surface area is 331 Å². The largest absolute Gasteiger partial charge is 0.457 e. The van der Waals surface area contributed by atoms with Crippen LogP contribution in [0.3, 0.4) is 0 Å². The highest BCUT2D eigenvalue weighted by atomic mass is 35.5. The average molecular weight is 803 g/mol. The second kappa shape index (κ2) is 22.9. The molecule has 0 spiro atoms. The number of nitrogens with zero attached hydrogens (tertiary/aromatic N) is 2. The van der Waals surface area contributed by atoms with E-state index in [9.17, 15) is 18.0 Å². The molecule has 4 aromatic carbocycles. The van der Waals surface area contributed by atoms with Gasteiger partial charge in [-0.05, 0) is 96.3 Å². The first-order valence-electron chi connectivity index (χ1n) is 16.5. The molecule has 1 amide bonds. The van der Waals surface area contributed by atoms with Crippen molar-refractivity contribution in [2.45, 2.75) is 32.9 Å². The molecule has 0 aliphatic heterocycles. The molecule has 0 bridgehead atoms. The van der Waals surface area contributed by atoms with Crippen molar-refractivity contribution in [1.82, 2.24) is 0 Å². The number of hydrogen-bond acceptors (Lipinski definition) is 5.